The number of hydrogen-bond donors (Lipinski definition) is 0. The summed E-state index contributed by atoms with van der Waals surface area (Å²) in [6.07, 6.45) is 4.81. The zero-order chi connectivity index (χ0) is 16.4. The molecule has 8 heteroatoms. The molecule has 3 rings (SSSR count). The molecule has 2 aromatic rings. The van der Waals surface area contributed by atoms with E-state index in [1.54, 1.807) is 10.4 Å². The summed E-state index contributed by atoms with van der Waals surface area (Å²) in [5.74, 6) is -0.0871. The van der Waals surface area contributed by atoms with Gasteiger partial charge in [-0.1, -0.05) is 29.0 Å². The number of halogens is 1. The summed E-state index contributed by atoms with van der Waals surface area (Å²) >= 11 is 9.06. The van der Waals surface area contributed by atoms with E-state index in [0.717, 1.165) is 29.2 Å². The second-order valence-corrected chi connectivity index (χ2v) is 7.11. The summed E-state index contributed by atoms with van der Waals surface area (Å²) in [4.78, 5) is 27.9. The third-order valence-electron chi connectivity index (χ3n) is 3.42. The average molecular weight is 367 g/mol. The lowest BCUT2D eigenvalue weighted by molar-refractivity contribution is 0.0992. The van der Waals surface area contributed by atoms with E-state index in [4.69, 9.17) is 11.6 Å². The maximum atomic E-state index is 12.8. The highest BCUT2D eigenvalue weighted by atomic mass is 35.5. The van der Waals surface area contributed by atoms with Gasteiger partial charge in [-0.15, -0.1) is 11.3 Å². The Labute approximate surface area is 147 Å². The van der Waals surface area contributed by atoms with E-state index in [1.165, 1.54) is 22.7 Å². The zero-order valence-electron chi connectivity index (χ0n) is 12.7. The lowest BCUT2D eigenvalue weighted by atomic mass is 10.2. The first kappa shape index (κ1) is 16.3. The normalized spacial score (nSPS) is 14.0. The van der Waals surface area contributed by atoms with Crippen molar-refractivity contribution in [2.45, 2.75) is 20.3 Å². The number of aromatic nitrogens is 2. The molecule has 0 saturated carbocycles. The van der Waals surface area contributed by atoms with E-state index < -0.39 is 0 Å². The number of nitrogens with zero attached hydrogens (tertiary/aromatic N) is 4. The molecule has 1 aliphatic rings. The molecule has 3 heterocycles. The van der Waals surface area contributed by atoms with Gasteiger partial charge in [0.25, 0.3) is 5.91 Å². The van der Waals surface area contributed by atoms with Crippen molar-refractivity contribution >= 4 is 57.0 Å². The van der Waals surface area contributed by atoms with Gasteiger partial charge in [0.15, 0.2) is 5.15 Å². The van der Waals surface area contributed by atoms with E-state index in [0.29, 0.717) is 21.6 Å². The molecular weight excluding hydrogens is 352 g/mol. The fourth-order valence-corrected chi connectivity index (χ4v) is 4.37. The number of aliphatic imine (C=N–C) groups is 1. The number of anilines is 1. The molecule has 0 saturated heterocycles. The Balaban J connectivity index is 1.94. The van der Waals surface area contributed by atoms with E-state index in [1.807, 2.05) is 20.1 Å². The van der Waals surface area contributed by atoms with Crippen LogP contribution in [0.1, 0.15) is 33.7 Å². The number of rotatable bonds is 4. The molecule has 1 aliphatic heterocycles. The first-order chi connectivity index (χ1) is 11.1. The number of hydrogen-bond acceptors (Lipinski definition) is 6. The molecule has 2 aromatic heterocycles. The van der Waals surface area contributed by atoms with E-state index in [-0.39, 0.29) is 5.91 Å². The predicted molar refractivity (Wildman–Crippen MR) is 97.3 cm³/mol. The second kappa shape index (κ2) is 6.90. The maximum Gasteiger partial charge on any atom is 0.270 e. The minimum atomic E-state index is -0.0871. The number of allylic oxidation sites excluding steroid dienone is 1. The van der Waals surface area contributed by atoms with Crippen molar-refractivity contribution in [1.29, 1.82) is 0 Å². The summed E-state index contributed by atoms with van der Waals surface area (Å²) in [5.41, 5.74) is 3.38. The standard InChI is InChI=1S/C15H15ClN4OS2/c1-3-20(14(21)11-9(2)18-8-22-11)15-12(16)19-13(23-15)10-5-4-6-17-7-10/h5,7-8H,3-4,6H2,1-2H3. The van der Waals surface area contributed by atoms with Crippen LogP contribution in [0.15, 0.2) is 16.6 Å². The highest BCUT2D eigenvalue weighted by molar-refractivity contribution is 7.18. The van der Waals surface area contributed by atoms with Crippen LogP contribution in [0, 0.1) is 6.92 Å². The molecule has 0 bridgehead atoms. The van der Waals surface area contributed by atoms with Crippen molar-refractivity contribution in [3.63, 3.8) is 0 Å². The van der Waals surface area contributed by atoms with Gasteiger partial charge in [-0.25, -0.2) is 9.97 Å². The number of thiazole rings is 2. The van der Waals surface area contributed by atoms with E-state index in [9.17, 15) is 4.79 Å². The first-order valence-electron chi connectivity index (χ1n) is 7.20. The number of carbonyl (C=O) groups is 1. The molecule has 5 nitrogen and oxygen atoms in total. The van der Waals surface area contributed by atoms with Crippen LogP contribution < -0.4 is 4.90 Å². The quantitative estimate of drug-likeness (QED) is 0.818. The monoisotopic (exact) mass is 366 g/mol. The van der Waals surface area contributed by atoms with Gasteiger partial charge < -0.3 is 0 Å². The third-order valence-corrected chi connectivity index (χ3v) is 5.84. The Hall–Kier alpha value is -1.57. The lowest BCUT2D eigenvalue weighted by Gasteiger charge is -2.18. The maximum absolute atomic E-state index is 12.8. The summed E-state index contributed by atoms with van der Waals surface area (Å²) in [6, 6.07) is 0. The topological polar surface area (TPSA) is 58.5 Å². The van der Waals surface area contributed by atoms with Crippen LogP contribution in [0.5, 0.6) is 0 Å². The minimum Gasteiger partial charge on any atom is -0.297 e. The van der Waals surface area contributed by atoms with Crippen molar-refractivity contribution < 1.29 is 4.79 Å². The van der Waals surface area contributed by atoms with Crippen LogP contribution in [0.25, 0.3) is 5.57 Å². The van der Waals surface area contributed by atoms with Crippen LogP contribution in [-0.4, -0.2) is 35.2 Å². The van der Waals surface area contributed by atoms with Gasteiger partial charge in [0, 0.05) is 24.9 Å². The van der Waals surface area contributed by atoms with Crippen molar-refractivity contribution in [2.24, 2.45) is 4.99 Å². The zero-order valence-corrected chi connectivity index (χ0v) is 15.1. The molecule has 0 spiro atoms. The number of amides is 1. The Bertz CT molecular complexity index is 793. The first-order valence-corrected chi connectivity index (χ1v) is 9.27. The van der Waals surface area contributed by atoms with Gasteiger partial charge in [-0.05, 0) is 20.3 Å². The Morgan fingerprint density at radius 3 is 2.91 bits per heavy atom. The Morgan fingerprint density at radius 2 is 2.30 bits per heavy atom. The van der Waals surface area contributed by atoms with E-state index >= 15 is 0 Å². The number of aryl methyl sites for hydroxylation is 1. The summed E-state index contributed by atoms with van der Waals surface area (Å²) < 4.78 is 0. The number of carbonyl (C=O) groups excluding carboxylic acids is 1. The van der Waals surface area contributed by atoms with Crippen LogP contribution in [-0.2, 0) is 0 Å². The molecular formula is C15H15ClN4OS2. The molecule has 0 fully saturated rings. The Morgan fingerprint density at radius 1 is 1.48 bits per heavy atom. The van der Waals surface area contributed by atoms with Gasteiger partial charge in [0.05, 0.1) is 11.2 Å². The highest BCUT2D eigenvalue weighted by Crippen LogP contribution is 2.37. The van der Waals surface area contributed by atoms with Gasteiger partial charge in [0.1, 0.15) is 14.9 Å². The third kappa shape index (κ3) is 3.22. The van der Waals surface area contributed by atoms with Gasteiger partial charge in [-0.2, -0.15) is 0 Å². The molecule has 120 valence electrons. The van der Waals surface area contributed by atoms with E-state index in [2.05, 4.69) is 21.0 Å². The largest absolute Gasteiger partial charge is 0.297 e. The van der Waals surface area contributed by atoms with Gasteiger partial charge in [0.2, 0.25) is 0 Å². The minimum absolute atomic E-state index is 0.0871. The molecule has 0 aliphatic carbocycles. The average Bonchev–Trinajstić information content (AvgIpc) is 3.15. The number of dihydropyridines is 1. The molecule has 0 radical (unpaired) electrons. The molecule has 0 aromatic carbocycles. The van der Waals surface area contributed by atoms with Crippen molar-refractivity contribution in [2.75, 3.05) is 18.0 Å². The van der Waals surface area contributed by atoms with Crippen molar-refractivity contribution in [1.82, 2.24) is 9.97 Å². The molecule has 0 atom stereocenters. The fourth-order valence-electron chi connectivity index (χ4n) is 2.25. The van der Waals surface area contributed by atoms with Gasteiger partial charge in [-0.3, -0.25) is 14.7 Å². The van der Waals surface area contributed by atoms with Crippen LogP contribution in [0.3, 0.4) is 0 Å². The lowest BCUT2D eigenvalue weighted by Crippen LogP contribution is -2.30. The summed E-state index contributed by atoms with van der Waals surface area (Å²) in [5, 5.41) is 1.81. The SMILES string of the molecule is CCN(C(=O)c1scnc1C)c1sc(C2=CCCN=C2)nc1Cl. The molecule has 0 N–H and O–H groups in total. The molecule has 0 unspecified atom stereocenters. The smallest absolute Gasteiger partial charge is 0.270 e. The van der Waals surface area contributed by atoms with Crippen LogP contribution in [0.4, 0.5) is 5.00 Å². The van der Waals surface area contributed by atoms with Gasteiger partial charge >= 0.3 is 0 Å². The van der Waals surface area contributed by atoms with Crippen LogP contribution >= 0.6 is 34.3 Å². The Kier molecular flexibility index (Phi) is 4.89. The second-order valence-electron chi connectivity index (χ2n) is 4.91. The van der Waals surface area contributed by atoms with Crippen molar-refractivity contribution in [3.05, 3.63) is 32.3 Å². The fraction of sp³-hybridized carbons (Fsp3) is 0.333. The van der Waals surface area contributed by atoms with Crippen LogP contribution in [0.2, 0.25) is 5.15 Å². The summed E-state index contributed by atoms with van der Waals surface area (Å²) in [6.45, 7) is 5.08. The van der Waals surface area contributed by atoms with Crippen molar-refractivity contribution in [3.8, 4) is 0 Å². The highest BCUT2D eigenvalue weighted by Gasteiger charge is 2.25. The predicted octanol–water partition coefficient (Wildman–Crippen LogP) is 4.09. The molecule has 1 amide bonds. The summed E-state index contributed by atoms with van der Waals surface area (Å²) in [7, 11) is 0. The molecule has 23 heavy (non-hydrogen) atoms.